The van der Waals surface area contributed by atoms with Crippen molar-refractivity contribution >= 4 is 34.3 Å². The topological polar surface area (TPSA) is 82.7 Å². The molecule has 9 heteroatoms. The molecule has 0 bridgehead atoms. The van der Waals surface area contributed by atoms with Crippen LogP contribution in [0.5, 0.6) is 0 Å². The molecule has 0 radical (unpaired) electrons. The number of nitrogens with one attached hydrogen (secondary N) is 3. The highest BCUT2D eigenvalue weighted by molar-refractivity contribution is 6.05. The number of alkyl halides is 3. The molecule has 2 heterocycles. The van der Waals surface area contributed by atoms with Crippen LogP contribution in [-0.4, -0.2) is 20.9 Å². The second kappa shape index (κ2) is 8.94. The van der Waals surface area contributed by atoms with E-state index < -0.39 is 17.6 Å². The number of halogens is 3. The number of hydrogen-bond donors (Lipinski definition) is 3. The zero-order valence-electron chi connectivity index (χ0n) is 18.1. The van der Waals surface area contributed by atoms with Gasteiger partial charge in [-0.2, -0.15) is 13.2 Å². The molecule has 35 heavy (non-hydrogen) atoms. The number of carbonyl (C=O) groups excluding carboxylic acids is 1. The average molecular weight is 473 g/mol. The third kappa shape index (κ3) is 4.84. The summed E-state index contributed by atoms with van der Waals surface area (Å²) >= 11 is 0. The van der Waals surface area contributed by atoms with E-state index in [1.54, 1.807) is 30.5 Å². The fraction of sp³-hybridized carbons (Fsp3) is 0.0385. The van der Waals surface area contributed by atoms with Crippen LogP contribution >= 0.6 is 0 Å². The van der Waals surface area contributed by atoms with E-state index in [0.717, 1.165) is 34.4 Å². The Bertz CT molecular complexity index is 1510. The van der Waals surface area contributed by atoms with Crippen LogP contribution in [0.25, 0.3) is 22.3 Å². The van der Waals surface area contributed by atoms with E-state index in [0.29, 0.717) is 11.6 Å². The Kier molecular flexibility index (Phi) is 5.66. The van der Waals surface area contributed by atoms with Crippen molar-refractivity contribution in [2.75, 3.05) is 10.6 Å². The number of carbonyl (C=O) groups is 1. The summed E-state index contributed by atoms with van der Waals surface area (Å²) in [5, 5.41) is 5.63. The number of aromatic nitrogens is 3. The summed E-state index contributed by atoms with van der Waals surface area (Å²) in [4.78, 5) is 25.0. The van der Waals surface area contributed by atoms with E-state index in [1.807, 2.05) is 36.4 Å². The van der Waals surface area contributed by atoms with E-state index in [-0.39, 0.29) is 11.3 Å². The van der Waals surface area contributed by atoms with Gasteiger partial charge in [0.25, 0.3) is 5.91 Å². The third-order valence-electron chi connectivity index (χ3n) is 5.28. The van der Waals surface area contributed by atoms with Gasteiger partial charge in [0.1, 0.15) is 0 Å². The van der Waals surface area contributed by atoms with Gasteiger partial charge >= 0.3 is 6.18 Å². The first-order valence-electron chi connectivity index (χ1n) is 10.6. The molecule has 0 saturated heterocycles. The van der Waals surface area contributed by atoms with Crippen LogP contribution in [0.1, 0.15) is 15.9 Å². The molecule has 0 unspecified atom stereocenters. The van der Waals surface area contributed by atoms with E-state index in [1.165, 1.54) is 12.1 Å². The Morgan fingerprint density at radius 1 is 0.829 bits per heavy atom. The molecule has 0 spiro atoms. The molecule has 5 aromatic rings. The Hall–Kier alpha value is -4.66. The Balaban J connectivity index is 1.40. The summed E-state index contributed by atoms with van der Waals surface area (Å²) in [5.41, 5.74) is 3.19. The molecule has 0 fully saturated rings. The predicted octanol–water partition coefficient (Wildman–Crippen LogP) is 6.64. The number of fused-ring (bicyclic) bond motifs is 1. The lowest BCUT2D eigenvalue weighted by atomic mass is 10.1. The van der Waals surface area contributed by atoms with Crippen molar-refractivity contribution in [3.8, 4) is 11.3 Å². The first kappa shape index (κ1) is 22.1. The summed E-state index contributed by atoms with van der Waals surface area (Å²) in [5.74, 6) is -0.202. The molecule has 0 saturated carbocycles. The van der Waals surface area contributed by atoms with Gasteiger partial charge in [-0.25, -0.2) is 9.97 Å². The van der Waals surface area contributed by atoms with Gasteiger partial charge in [-0.1, -0.05) is 42.5 Å². The van der Waals surface area contributed by atoms with Crippen molar-refractivity contribution in [3.63, 3.8) is 0 Å². The fourth-order valence-corrected chi connectivity index (χ4v) is 3.65. The average Bonchev–Trinajstić information content (AvgIpc) is 3.33. The number of rotatable bonds is 5. The standard InChI is InChI=1S/C26H18F3N5O/c27-26(28,29)18-9-5-11-20(15-18)31-24(35)17-8-4-10-19(14-17)32-25-33-21-12-13-30-23(21)22(34-25)16-6-2-1-3-7-16/h1-15,30H,(H,31,35)(H,32,33,34). The SMILES string of the molecule is O=C(Nc1cccc(C(F)(F)F)c1)c1cccc(Nc2nc(-c3ccccc3)c3[nH]ccc3n2)c1. The maximum Gasteiger partial charge on any atom is 0.416 e. The fourth-order valence-electron chi connectivity index (χ4n) is 3.65. The summed E-state index contributed by atoms with van der Waals surface area (Å²) in [7, 11) is 0. The van der Waals surface area contributed by atoms with Gasteiger partial charge in [0.2, 0.25) is 5.95 Å². The quantitative estimate of drug-likeness (QED) is 0.267. The van der Waals surface area contributed by atoms with E-state index in [2.05, 4.69) is 25.6 Å². The molecule has 0 aliphatic rings. The minimum Gasteiger partial charge on any atom is -0.358 e. The molecule has 5 rings (SSSR count). The van der Waals surface area contributed by atoms with Crippen LogP contribution in [-0.2, 0) is 6.18 Å². The number of H-pyrrole nitrogens is 1. The summed E-state index contributed by atoms with van der Waals surface area (Å²) in [6, 6.07) is 22.6. The van der Waals surface area contributed by atoms with Crippen LogP contribution in [0, 0.1) is 0 Å². The van der Waals surface area contributed by atoms with Crippen LogP contribution in [0.15, 0.2) is 91.1 Å². The minimum atomic E-state index is -4.50. The second-order valence-corrected chi connectivity index (χ2v) is 7.74. The Morgan fingerprint density at radius 2 is 1.60 bits per heavy atom. The van der Waals surface area contributed by atoms with Gasteiger partial charge in [0, 0.05) is 28.7 Å². The monoisotopic (exact) mass is 473 g/mol. The summed E-state index contributed by atoms with van der Waals surface area (Å²) in [6.07, 6.45) is -2.71. The maximum atomic E-state index is 13.0. The lowest BCUT2D eigenvalue weighted by molar-refractivity contribution is -0.137. The second-order valence-electron chi connectivity index (χ2n) is 7.74. The number of aromatic amines is 1. The van der Waals surface area contributed by atoms with Gasteiger partial charge < -0.3 is 15.6 Å². The third-order valence-corrected chi connectivity index (χ3v) is 5.28. The minimum absolute atomic E-state index is 0.0527. The number of hydrogen-bond acceptors (Lipinski definition) is 4. The number of benzene rings is 3. The number of nitrogens with zero attached hydrogens (tertiary/aromatic N) is 2. The smallest absolute Gasteiger partial charge is 0.358 e. The molecule has 0 atom stereocenters. The van der Waals surface area contributed by atoms with Gasteiger partial charge in [0.15, 0.2) is 0 Å². The van der Waals surface area contributed by atoms with Crippen LogP contribution in [0.4, 0.5) is 30.5 Å². The Labute approximate surface area is 197 Å². The van der Waals surface area contributed by atoms with Crippen molar-refractivity contribution in [2.45, 2.75) is 6.18 Å². The van der Waals surface area contributed by atoms with Crippen LogP contribution < -0.4 is 10.6 Å². The first-order valence-corrected chi connectivity index (χ1v) is 10.6. The molecule has 6 nitrogen and oxygen atoms in total. The molecule has 0 aliphatic carbocycles. The highest BCUT2D eigenvalue weighted by atomic mass is 19.4. The van der Waals surface area contributed by atoms with E-state index in [9.17, 15) is 18.0 Å². The molecule has 3 N–H and O–H groups in total. The molecule has 174 valence electrons. The summed E-state index contributed by atoms with van der Waals surface area (Å²) in [6.45, 7) is 0. The molecule has 1 amide bonds. The van der Waals surface area contributed by atoms with Gasteiger partial charge in [-0.15, -0.1) is 0 Å². The van der Waals surface area contributed by atoms with Crippen molar-refractivity contribution < 1.29 is 18.0 Å². The zero-order chi connectivity index (χ0) is 24.4. The lowest BCUT2D eigenvalue weighted by Gasteiger charge is -2.11. The molecule has 0 aliphatic heterocycles. The largest absolute Gasteiger partial charge is 0.416 e. The highest BCUT2D eigenvalue weighted by Gasteiger charge is 2.30. The molecular formula is C26H18F3N5O. The van der Waals surface area contributed by atoms with E-state index >= 15 is 0 Å². The van der Waals surface area contributed by atoms with Crippen LogP contribution in [0.2, 0.25) is 0 Å². The van der Waals surface area contributed by atoms with Gasteiger partial charge in [-0.05, 0) is 42.5 Å². The number of anilines is 3. The Morgan fingerprint density at radius 3 is 2.40 bits per heavy atom. The predicted molar refractivity (Wildman–Crippen MR) is 128 cm³/mol. The highest BCUT2D eigenvalue weighted by Crippen LogP contribution is 2.31. The molecular weight excluding hydrogens is 455 g/mol. The zero-order valence-corrected chi connectivity index (χ0v) is 18.1. The van der Waals surface area contributed by atoms with Gasteiger partial charge in [0.05, 0.1) is 22.3 Å². The van der Waals surface area contributed by atoms with E-state index in [4.69, 9.17) is 0 Å². The first-order chi connectivity index (χ1) is 16.9. The normalized spacial score (nSPS) is 11.4. The summed E-state index contributed by atoms with van der Waals surface area (Å²) < 4.78 is 38.9. The van der Waals surface area contributed by atoms with Crippen molar-refractivity contribution in [2.24, 2.45) is 0 Å². The van der Waals surface area contributed by atoms with Crippen LogP contribution in [0.3, 0.4) is 0 Å². The van der Waals surface area contributed by atoms with Gasteiger partial charge in [-0.3, -0.25) is 4.79 Å². The maximum absolute atomic E-state index is 13.0. The number of amides is 1. The molecule has 2 aromatic heterocycles. The van der Waals surface area contributed by atoms with Crippen molar-refractivity contribution in [3.05, 3.63) is 102 Å². The van der Waals surface area contributed by atoms with Crippen molar-refractivity contribution in [1.29, 1.82) is 0 Å². The molecule has 3 aromatic carbocycles. The lowest BCUT2D eigenvalue weighted by Crippen LogP contribution is -2.13. The van der Waals surface area contributed by atoms with Crippen molar-refractivity contribution in [1.82, 2.24) is 15.0 Å².